The van der Waals surface area contributed by atoms with Gasteiger partial charge in [0.2, 0.25) is 5.95 Å². The average Bonchev–Trinajstić information content (AvgIpc) is 2.64. The lowest BCUT2D eigenvalue weighted by Crippen LogP contribution is -2.19. The Morgan fingerprint density at radius 2 is 1.73 bits per heavy atom. The van der Waals surface area contributed by atoms with Crippen LogP contribution in [0.4, 0.5) is 17.5 Å². The maximum Gasteiger partial charge on any atom is 0.227 e. The first-order valence-electron chi connectivity index (χ1n) is 8.75. The van der Waals surface area contributed by atoms with Crippen LogP contribution in [0.25, 0.3) is 0 Å². The Morgan fingerprint density at radius 3 is 2.50 bits per heavy atom. The van der Waals surface area contributed by atoms with Crippen LogP contribution in [0.15, 0.2) is 60.7 Å². The zero-order valence-electron chi connectivity index (χ0n) is 15.4. The van der Waals surface area contributed by atoms with Gasteiger partial charge in [0, 0.05) is 25.4 Å². The number of aromatic nitrogens is 2. The van der Waals surface area contributed by atoms with Gasteiger partial charge in [-0.3, -0.25) is 0 Å². The second-order valence-electron chi connectivity index (χ2n) is 6.09. The highest BCUT2D eigenvalue weighted by Crippen LogP contribution is 2.27. The topological polar surface area (TPSA) is 50.3 Å². The number of rotatable bonds is 7. The van der Waals surface area contributed by atoms with Gasteiger partial charge in [0.25, 0.3) is 0 Å². The van der Waals surface area contributed by atoms with Crippen LogP contribution in [0.1, 0.15) is 18.2 Å². The minimum atomic E-state index is 0.618. The van der Waals surface area contributed by atoms with Gasteiger partial charge in [0.15, 0.2) is 0 Å². The SMILES string of the molecule is CCOc1ccccc1Nc1cc(C)nc(N(C)Cc2ccccc2)n1. The van der Waals surface area contributed by atoms with E-state index in [4.69, 9.17) is 4.74 Å². The summed E-state index contributed by atoms with van der Waals surface area (Å²) < 4.78 is 5.68. The van der Waals surface area contributed by atoms with E-state index in [1.165, 1.54) is 5.56 Å². The minimum Gasteiger partial charge on any atom is -0.492 e. The van der Waals surface area contributed by atoms with Crippen molar-refractivity contribution in [2.75, 3.05) is 23.9 Å². The van der Waals surface area contributed by atoms with E-state index < -0.39 is 0 Å². The van der Waals surface area contributed by atoms with Gasteiger partial charge >= 0.3 is 0 Å². The molecule has 0 aliphatic rings. The molecule has 0 saturated carbocycles. The normalized spacial score (nSPS) is 10.4. The van der Waals surface area contributed by atoms with Crippen LogP contribution in [-0.4, -0.2) is 23.6 Å². The summed E-state index contributed by atoms with van der Waals surface area (Å²) in [5.41, 5.74) is 3.02. The number of anilines is 3. The highest BCUT2D eigenvalue weighted by atomic mass is 16.5. The molecular weight excluding hydrogens is 324 g/mol. The summed E-state index contributed by atoms with van der Waals surface area (Å²) in [7, 11) is 2.00. The van der Waals surface area contributed by atoms with Crippen molar-refractivity contribution in [3.05, 3.63) is 71.9 Å². The molecule has 0 saturated heterocycles. The van der Waals surface area contributed by atoms with E-state index in [-0.39, 0.29) is 0 Å². The molecule has 0 spiro atoms. The lowest BCUT2D eigenvalue weighted by atomic mass is 10.2. The Morgan fingerprint density at radius 1 is 1.00 bits per heavy atom. The molecule has 1 N–H and O–H groups in total. The minimum absolute atomic E-state index is 0.618. The Labute approximate surface area is 154 Å². The van der Waals surface area contributed by atoms with Gasteiger partial charge in [-0.15, -0.1) is 0 Å². The molecule has 5 nitrogen and oxygen atoms in total. The van der Waals surface area contributed by atoms with Gasteiger partial charge in [0.05, 0.1) is 12.3 Å². The zero-order chi connectivity index (χ0) is 18.4. The maximum atomic E-state index is 5.68. The second kappa shape index (κ2) is 8.34. The predicted octanol–water partition coefficient (Wildman–Crippen LogP) is 4.56. The summed E-state index contributed by atoms with van der Waals surface area (Å²) in [6.45, 7) is 5.31. The van der Waals surface area contributed by atoms with Crippen molar-refractivity contribution in [1.29, 1.82) is 0 Å². The number of nitrogens with one attached hydrogen (secondary N) is 1. The third-order valence-corrected chi connectivity index (χ3v) is 3.90. The van der Waals surface area contributed by atoms with Crippen molar-refractivity contribution in [2.24, 2.45) is 0 Å². The highest BCUT2D eigenvalue weighted by molar-refractivity contribution is 5.64. The molecule has 0 aliphatic heterocycles. The van der Waals surface area contributed by atoms with Crippen molar-refractivity contribution in [3.8, 4) is 5.75 Å². The number of hydrogen-bond donors (Lipinski definition) is 1. The summed E-state index contributed by atoms with van der Waals surface area (Å²) in [4.78, 5) is 11.3. The molecule has 2 aromatic carbocycles. The second-order valence-corrected chi connectivity index (χ2v) is 6.09. The van der Waals surface area contributed by atoms with E-state index in [0.29, 0.717) is 12.6 Å². The Kier molecular flexibility index (Phi) is 5.69. The summed E-state index contributed by atoms with van der Waals surface area (Å²) >= 11 is 0. The Bertz CT molecular complexity index is 852. The Balaban J connectivity index is 1.82. The zero-order valence-corrected chi connectivity index (χ0v) is 15.4. The van der Waals surface area contributed by atoms with Crippen LogP contribution in [0.2, 0.25) is 0 Å². The van der Waals surface area contributed by atoms with E-state index >= 15 is 0 Å². The van der Waals surface area contributed by atoms with E-state index in [1.807, 2.05) is 74.3 Å². The van der Waals surface area contributed by atoms with Crippen LogP contribution in [0.3, 0.4) is 0 Å². The third kappa shape index (κ3) is 4.51. The fraction of sp³-hybridized carbons (Fsp3) is 0.238. The van der Waals surface area contributed by atoms with Gasteiger partial charge in [-0.2, -0.15) is 4.98 Å². The molecule has 3 rings (SSSR count). The molecule has 134 valence electrons. The lowest BCUT2D eigenvalue weighted by molar-refractivity contribution is 0.342. The van der Waals surface area contributed by atoms with E-state index in [9.17, 15) is 0 Å². The van der Waals surface area contributed by atoms with Crippen molar-refractivity contribution in [3.63, 3.8) is 0 Å². The van der Waals surface area contributed by atoms with Crippen molar-refractivity contribution >= 4 is 17.5 Å². The molecule has 0 fully saturated rings. The fourth-order valence-electron chi connectivity index (χ4n) is 2.70. The smallest absolute Gasteiger partial charge is 0.227 e. The van der Waals surface area contributed by atoms with Gasteiger partial charge in [-0.1, -0.05) is 42.5 Å². The molecule has 0 radical (unpaired) electrons. The summed E-state index contributed by atoms with van der Waals surface area (Å²) in [5.74, 6) is 2.25. The fourth-order valence-corrected chi connectivity index (χ4v) is 2.70. The van der Waals surface area contributed by atoms with Crippen LogP contribution in [-0.2, 0) is 6.54 Å². The van der Waals surface area contributed by atoms with Crippen LogP contribution in [0.5, 0.6) is 5.75 Å². The molecule has 1 aromatic heterocycles. The number of benzene rings is 2. The van der Waals surface area contributed by atoms with E-state index in [0.717, 1.165) is 29.5 Å². The van der Waals surface area contributed by atoms with Crippen LogP contribution in [0, 0.1) is 6.92 Å². The van der Waals surface area contributed by atoms with Crippen LogP contribution >= 0.6 is 0 Å². The number of para-hydroxylation sites is 2. The molecule has 0 bridgehead atoms. The molecular formula is C21H24N4O. The van der Waals surface area contributed by atoms with Crippen molar-refractivity contribution in [1.82, 2.24) is 9.97 Å². The number of nitrogens with zero attached hydrogens (tertiary/aromatic N) is 3. The number of hydrogen-bond acceptors (Lipinski definition) is 5. The molecule has 5 heteroatoms. The van der Waals surface area contributed by atoms with Crippen molar-refractivity contribution in [2.45, 2.75) is 20.4 Å². The van der Waals surface area contributed by atoms with Gasteiger partial charge in [-0.25, -0.2) is 4.98 Å². The predicted molar refractivity (Wildman–Crippen MR) is 106 cm³/mol. The third-order valence-electron chi connectivity index (χ3n) is 3.90. The van der Waals surface area contributed by atoms with Gasteiger partial charge < -0.3 is 15.0 Å². The molecule has 0 atom stereocenters. The largest absolute Gasteiger partial charge is 0.492 e. The van der Waals surface area contributed by atoms with E-state index in [1.54, 1.807) is 0 Å². The molecule has 26 heavy (non-hydrogen) atoms. The highest BCUT2D eigenvalue weighted by Gasteiger charge is 2.10. The van der Waals surface area contributed by atoms with Crippen molar-refractivity contribution < 1.29 is 4.74 Å². The summed E-state index contributed by atoms with van der Waals surface area (Å²) in [6, 6.07) is 20.1. The van der Waals surface area contributed by atoms with Gasteiger partial charge in [0.1, 0.15) is 11.6 Å². The monoisotopic (exact) mass is 348 g/mol. The quantitative estimate of drug-likeness (QED) is 0.678. The Hall–Kier alpha value is -3.08. The number of aryl methyl sites for hydroxylation is 1. The average molecular weight is 348 g/mol. The standard InChI is InChI=1S/C21H24N4O/c1-4-26-19-13-9-8-12-18(19)23-20-14-16(2)22-21(24-20)25(3)15-17-10-6-5-7-11-17/h5-14H,4,15H2,1-3H3,(H,22,23,24). The first kappa shape index (κ1) is 17.7. The maximum absolute atomic E-state index is 5.68. The first-order valence-corrected chi connectivity index (χ1v) is 8.75. The first-order chi connectivity index (χ1) is 12.7. The molecule has 0 amide bonds. The molecule has 0 unspecified atom stereocenters. The lowest BCUT2D eigenvalue weighted by Gasteiger charge is -2.19. The number of ether oxygens (including phenoxy) is 1. The molecule has 3 aromatic rings. The molecule has 1 heterocycles. The van der Waals surface area contributed by atoms with Crippen LogP contribution < -0.4 is 15.0 Å². The summed E-state index contributed by atoms with van der Waals surface area (Å²) in [5, 5.41) is 3.35. The van der Waals surface area contributed by atoms with Gasteiger partial charge in [-0.05, 0) is 31.5 Å². The van der Waals surface area contributed by atoms with E-state index in [2.05, 4.69) is 27.4 Å². The summed E-state index contributed by atoms with van der Waals surface area (Å²) in [6.07, 6.45) is 0. The molecule has 0 aliphatic carbocycles.